The summed E-state index contributed by atoms with van der Waals surface area (Å²) in [5.74, 6) is 0.308. The number of nitrogens with zero attached hydrogens (tertiary/aromatic N) is 1. The summed E-state index contributed by atoms with van der Waals surface area (Å²) >= 11 is 0. The molecule has 1 fully saturated rings. The SMILES string of the molecule is O=c1oc2ccccc2n1[C@H]1C[C@@H]1Cc1ccccc1. The highest BCUT2D eigenvalue weighted by Crippen LogP contribution is 2.45. The number of para-hydroxylation sites is 2. The van der Waals surface area contributed by atoms with Crippen molar-refractivity contribution in [3.63, 3.8) is 0 Å². The van der Waals surface area contributed by atoms with E-state index in [0.29, 0.717) is 11.5 Å². The molecule has 0 unspecified atom stereocenters. The zero-order valence-corrected chi connectivity index (χ0v) is 11.0. The normalized spacial score (nSPS) is 21.2. The molecule has 0 amide bonds. The Balaban J connectivity index is 1.63. The van der Waals surface area contributed by atoms with Gasteiger partial charge in [-0.1, -0.05) is 42.5 Å². The maximum Gasteiger partial charge on any atom is 0.420 e. The van der Waals surface area contributed by atoms with E-state index in [9.17, 15) is 4.79 Å². The average Bonchev–Trinajstić information content (AvgIpc) is 3.12. The molecule has 0 spiro atoms. The van der Waals surface area contributed by atoms with Gasteiger partial charge in [-0.3, -0.25) is 4.57 Å². The lowest BCUT2D eigenvalue weighted by Gasteiger charge is -2.02. The van der Waals surface area contributed by atoms with Crippen LogP contribution in [0.1, 0.15) is 18.0 Å². The quantitative estimate of drug-likeness (QED) is 0.727. The van der Waals surface area contributed by atoms with Gasteiger partial charge in [0.25, 0.3) is 0 Å². The fourth-order valence-electron chi connectivity index (χ4n) is 2.98. The van der Waals surface area contributed by atoms with Crippen LogP contribution >= 0.6 is 0 Å². The highest BCUT2D eigenvalue weighted by Gasteiger charge is 2.40. The van der Waals surface area contributed by atoms with Crippen molar-refractivity contribution in [2.45, 2.75) is 18.9 Å². The van der Waals surface area contributed by atoms with Gasteiger partial charge in [0.1, 0.15) is 0 Å². The van der Waals surface area contributed by atoms with E-state index in [-0.39, 0.29) is 11.8 Å². The fraction of sp³-hybridized carbons (Fsp3) is 0.235. The van der Waals surface area contributed by atoms with Crippen molar-refractivity contribution in [3.05, 3.63) is 70.7 Å². The third-order valence-corrected chi connectivity index (χ3v) is 4.08. The number of hydrogen-bond donors (Lipinski definition) is 0. The van der Waals surface area contributed by atoms with E-state index in [2.05, 4.69) is 24.3 Å². The monoisotopic (exact) mass is 265 g/mol. The highest BCUT2D eigenvalue weighted by molar-refractivity contribution is 5.72. The van der Waals surface area contributed by atoms with E-state index in [1.165, 1.54) is 5.56 Å². The lowest BCUT2D eigenvalue weighted by molar-refractivity contribution is 0.498. The molecule has 3 aromatic rings. The van der Waals surface area contributed by atoms with E-state index < -0.39 is 0 Å². The molecule has 0 saturated heterocycles. The topological polar surface area (TPSA) is 35.1 Å². The zero-order valence-electron chi connectivity index (χ0n) is 11.0. The molecular formula is C17H15NO2. The Labute approximate surface area is 116 Å². The number of rotatable bonds is 3. The predicted molar refractivity (Wildman–Crippen MR) is 77.8 cm³/mol. The van der Waals surface area contributed by atoms with Gasteiger partial charge in [0.2, 0.25) is 0 Å². The minimum absolute atomic E-state index is 0.230. The van der Waals surface area contributed by atoms with Crippen LogP contribution in [0.15, 0.2) is 63.8 Å². The van der Waals surface area contributed by atoms with Gasteiger partial charge in [-0.15, -0.1) is 0 Å². The maximum atomic E-state index is 12.0. The van der Waals surface area contributed by atoms with Crippen molar-refractivity contribution in [2.75, 3.05) is 0 Å². The molecule has 1 heterocycles. The average molecular weight is 265 g/mol. The van der Waals surface area contributed by atoms with Gasteiger partial charge in [-0.05, 0) is 36.5 Å². The second-order valence-electron chi connectivity index (χ2n) is 5.46. The van der Waals surface area contributed by atoms with Crippen LogP contribution in [0.4, 0.5) is 0 Å². The molecule has 4 rings (SSSR count). The molecule has 0 N–H and O–H groups in total. The molecular weight excluding hydrogens is 250 g/mol. The third-order valence-electron chi connectivity index (χ3n) is 4.08. The van der Waals surface area contributed by atoms with Crippen LogP contribution in [-0.4, -0.2) is 4.57 Å². The summed E-state index contributed by atoms with van der Waals surface area (Å²) in [5, 5.41) is 0. The molecule has 0 radical (unpaired) electrons. The van der Waals surface area contributed by atoms with Crippen molar-refractivity contribution >= 4 is 11.1 Å². The van der Waals surface area contributed by atoms with Crippen molar-refractivity contribution in [1.29, 1.82) is 0 Å². The fourth-order valence-corrected chi connectivity index (χ4v) is 2.98. The lowest BCUT2D eigenvalue weighted by atomic mass is 10.1. The standard InChI is InChI=1S/C17H15NO2/c19-17-18(14-8-4-5-9-16(14)20-17)15-11-13(15)10-12-6-2-1-3-7-12/h1-9,13,15H,10-11H2/t13-,15-/m0/s1. The highest BCUT2D eigenvalue weighted by atomic mass is 16.4. The molecule has 1 saturated carbocycles. The Hall–Kier alpha value is -2.29. The lowest BCUT2D eigenvalue weighted by Crippen LogP contribution is -2.13. The third kappa shape index (κ3) is 1.86. The molecule has 2 atom stereocenters. The van der Waals surface area contributed by atoms with Gasteiger partial charge in [-0.25, -0.2) is 4.79 Å². The Bertz CT molecular complexity index is 800. The number of oxazole rings is 1. The first-order valence-electron chi connectivity index (χ1n) is 6.97. The Morgan fingerprint density at radius 3 is 2.65 bits per heavy atom. The van der Waals surface area contributed by atoms with Gasteiger partial charge >= 0.3 is 5.76 Å². The molecule has 3 nitrogen and oxygen atoms in total. The molecule has 0 bridgehead atoms. The minimum atomic E-state index is -0.230. The first-order valence-corrected chi connectivity index (χ1v) is 6.97. The minimum Gasteiger partial charge on any atom is -0.408 e. The molecule has 2 aromatic carbocycles. The molecule has 20 heavy (non-hydrogen) atoms. The van der Waals surface area contributed by atoms with E-state index in [1.807, 2.05) is 34.9 Å². The molecule has 1 aromatic heterocycles. The largest absolute Gasteiger partial charge is 0.420 e. The summed E-state index contributed by atoms with van der Waals surface area (Å²) in [4.78, 5) is 12.0. The molecule has 3 heteroatoms. The Kier molecular flexibility index (Phi) is 2.52. The van der Waals surface area contributed by atoms with Crippen LogP contribution in [0.25, 0.3) is 11.1 Å². The molecule has 0 aliphatic heterocycles. The van der Waals surface area contributed by atoms with E-state index in [4.69, 9.17) is 4.42 Å². The summed E-state index contributed by atoms with van der Waals surface area (Å²) in [7, 11) is 0. The first-order chi connectivity index (χ1) is 9.83. The van der Waals surface area contributed by atoms with Crippen LogP contribution < -0.4 is 5.76 Å². The van der Waals surface area contributed by atoms with E-state index in [0.717, 1.165) is 18.4 Å². The predicted octanol–water partition coefficient (Wildman–Crippen LogP) is 3.40. The van der Waals surface area contributed by atoms with Crippen molar-refractivity contribution in [2.24, 2.45) is 5.92 Å². The first kappa shape index (κ1) is 11.5. The Morgan fingerprint density at radius 2 is 1.80 bits per heavy atom. The second-order valence-corrected chi connectivity index (χ2v) is 5.46. The summed E-state index contributed by atoms with van der Waals surface area (Å²) in [6.07, 6.45) is 2.08. The van der Waals surface area contributed by atoms with Crippen molar-refractivity contribution in [3.8, 4) is 0 Å². The maximum absolute atomic E-state index is 12.0. The van der Waals surface area contributed by atoms with E-state index in [1.54, 1.807) is 0 Å². The number of fused-ring (bicyclic) bond motifs is 1. The van der Waals surface area contributed by atoms with Gasteiger partial charge < -0.3 is 4.42 Å². The van der Waals surface area contributed by atoms with Gasteiger partial charge in [0.05, 0.1) is 5.52 Å². The van der Waals surface area contributed by atoms with Crippen LogP contribution in [0.5, 0.6) is 0 Å². The summed E-state index contributed by atoms with van der Waals surface area (Å²) < 4.78 is 7.13. The van der Waals surface area contributed by atoms with Crippen LogP contribution in [0.3, 0.4) is 0 Å². The number of aromatic nitrogens is 1. The van der Waals surface area contributed by atoms with Crippen molar-refractivity contribution in [1.82, 2.24) is 4.57 Å². The summed E-state index contributed by atoms with van der Waals surface area (Å²) in [5.41, 5.74) is 2.93. The summed E-state index contributed by atoms with van der Waals surface area (Å²) in [6.45, 7) is 0. The number of hydrogen-bond acceptors (Lipinski definition) is 2. The summed E-state index contributed by atoms with van der Waals surface area (Å²) in [6, 6.07) is 18.4. The second kappa shape index (κ2) is 4.37. The van der Waals surface area contributed by atoms with E-state index >= 15 is 0 Å². The van der Waals surface area contributed by atoms with Crippen LogP contribution in [0.2, 0.25) is 0 Å². The zero-order chi connectivity index (χ0) is 13.5. The van der Waals surface area contributed by atoms with Crippen LogP contribution in [-0.2, 0) is 6.42 Å². The van der Waals surface area contributed by atoms with Gasteiger partial charge in [0, 0.05) is 6.04 Å². The van der Waals surface area contributed by atoms with Gasteiger partial charge in [0.15, 0.2) is 5.58 Å². The van der Waals surface area contributed by atoms with Crippen molar-refractivity contribution < 1.29 is 4.42 Å². The Morgan fingerprint density at radius 1 is 1.05 bits per heavy atom. The van der Waals surface area contributed by atoms with Gasteiger partial charge in [-0.2, -0.15) is 0 Å². The number of benzene rings is 2. The van der Waals surface area contributed by atoms with Crippen LogP contribution in [0, 0.1) is 5.92 Å². The molecule has 1 aliphatic rings. The molecule has 100 valence electrons. The smallest absolute Gasteiger partial charge is 0.408 e. The molecule has 1 aliphatic carbocycles.